The van der Waals surface area contributed by atoms with Crippen molar-refractivity contribution in [2.24, 2.45) is 0 Å². The van der Waals surface area contributed by atoms with Gasteiger partial charge in [-0.05, 0) is 18.4 Å². The summed E-state index contributed by atoms with van der Waals surface area (Å²) in [6.45, 7) is 8.55. The van der Waals surface area contributed by atoms with Crippen molar-refractivity contribution in [2.75, 3.05) is 11.9 Å². The van der Waals surface area contributed by atoms with Crippen LogP contribution in [0.2, 0.25) is 0 Å². The quantitative estimate of drug-likeness (QED) is 0.368. The highest BCUT2D eigenvalue weighted by Gasteiger charge is 2.08. The summed E-state index contributed by atoms with van der Waals surface area (Å²) in [5, 5.41) is 3.22. The van der Waals surface area contributed by atoms with Crippen LogP contribution in [-0.4, -0.2) is 16.1 Å². The average molecular weight is 361 g/mol. The van der Waals surface area contributed by atoms with Crippen molar-refractivity contribution >= 4 is 5.69 Å². The van der Waals surface area contributed by atoms with Gasteiger partial charge in [0.2, 0.25) is 0 Å². The summed E-state index contributed by atoms with van der Waals surface area (Å²) in [4.78, 5) is 17.2. The Morgan fingerprint density at radius 3 is 2.67 bits per heavy atom. The van der Waals surface area contributed by atoms with Gasteiger partial charge in [-0.15, -0.1) is 6.58 Å². The lowest BCUT2D eigenvalue weighted by molar-refractivity contribution is 0.699. The van der Waals surface area contributed by atoms with Crippen LogP contribution in [0.3, 0.4) is 0 Å². The van der Waals surface area contributed by atoms with Gasteiger partial charge in [0.25, 0.3) is 5.56 Å². The van der Waals surface area contributed by atoms with Crippen LogP contribution in [0.15, 0.2) is 90.9 Å². The van der Waals surface area contributed by atoms with Crippen LogP contribution in [0.1, 0.15) is 17.8 Å². The third kappa shape index (κ3) is 6.59. The molecule has 0 spiro atoms. The smallest absolute Gasteiger partial charge is 0.277 e. The fourth-order valence-electron chi connectivity index (χ4n) is 2.68. The SMILES string of the molecule is C=C/C=C\C=C/Cc1ncc(NCCCc2ccccc2)c(=O)n1CC=C. The summed E-state index contributed by atoms with van der Waals surface area (Å²) in [6.07, 6.45) is 15.2. The highest BCUT2D eigenvalue weighted by Crippen LogP contribution is 2.05. The lowest BCUT2D eigenvalue weighted by Gasteiger charge is -2.12. The minimum atomic E-state index is -0.0605. The summed E-state index contributed by atoms with van der Waals surface area (Å²) in [5.41, 5.74) is 1.77. The van der Waals surface area contributed by atoms with Crippen LogP contribution in [-0.2, 0) is 19.4 Å². The highest BCUT2D eigenvalue weighted by atomic mass is 16.1. The average Bonchev–Trinajstić information content (AvgIpc) is 2.69. The van der Waals surface area contributed by atoms with E-state index in [-0.39, 0.29) is 5.56 Å². The molecule has 0 atom stereocenters. The molecule has 0 aliphatic heterocycles. The van der Waals surface area contributed by atoms with E-state index < -0.39 is 0 Å². The van der Waals surface area contributed by atoms with Gasteiger partial charge in [-0.1, -0.05) is 73.4 Å². The predicted octanol–water partition coefficient (Wildman–Crippen LogP) is 4.31. The Bertz CT molecular complexity index is 848. The van der Waals surface area contributed by atoms with E-state index in [0.717, 1.165) is 25.2 Å². The summed E-state index contributed by atoms with van der Waals surface area (Å²) in [5.74, 6) is 0.720. The molecule has 0 aliphatic rings. The van der Waals surface area contributed by atoms with Gasteiger partial charge in [-0.25, -0.2) is 4.98 Å². The van der Waals surface area contributed by atoms with Crippen molar-refractivity contribution in [2.45, 2.75) is 25.8 Å². The summed E-state index contributed by atoms with van der Waals surface area (Å²) < 4.78 is 1.66. The molecule has 1 heterocycles. The molecule has 4 heteroatoms. The number of nitrogens with zero attached hydrogens (tertiary/aromatic N) is 2. The van der Waals surface area contributed by atoms with Crippen molar-refractivity contribution in [3.8, 4) is 0 Å². The van der Waals surface area contributed by atoms with E-state index in [1.165, 1.54) is 5.56 Å². The molecular formula is C23H27N3O. The van der Waals surface area contributed by atoms with Crippen molar-refractivity contribution in [3.05, 3.63) is 108 Å². The molecule has 0 saturated heterocycles. The molecule has 2 rings (SSSR count). The van der Waals surface area contributed by atoms with Crippen molar-refractivity contribution in [3.63, 3.8) is 0 Å². The number of aromatic nitrogens is 2. The van der Waals surface area contributed by atoms with Gasteiger partial charge in [0.1, 0.15) is 11.5 Å². The zero-order valence-corrected chi connectivity index (χ0v) is 15.7. The Kier molecular flexibility index (Phi) is 8.57. The summed E-state index contributed by atoms with van der Waals surface area (Å²) in [7, 11) is 0. The maximum Gasteiger partial charge on any atom is 0.277 e. The van der Waals surface area contributed by atoms with Gasteiger partial charge in [0.15, 0.2) is 0 Å². The second-order valence-electron chi connectivity index (χ2n) is 6.06. The molecule has 0 bridgehead atoms. The van der Waals surface area contributed by atoms with Gasteiger partial charge in [-0.2, -0.15) is 0 Å². The number of benzene rings is 1. The number of allylic oxidation sites excluding steroid dienone is 6. The minimum absolute atomic E-state index is 0.0605. The first-order chi connectivity index (χ1) is 13.3. The Morgan fingerprint density at radius 2 is 1.93 bits per heavy atom. The molecule has 0 saturated carbocycles. The molecule has 140 valence electrons. The Hall–Kier alpha value is -3.14. The third-order valence-electron chi connectivity index (χ3n) is 4.04. The summed E-state index contributed by atoms with van der Waals surface area (Å²) >= 11 is 0. The molecule has 2 aromatic rings. The predicted molar refractivity (Wildman–Crippen MR) is 114 cm³/mol. The largest absolute Gasteiger partial charge is 0.379 e. The van der Waals surface area contributed by atoms with E-state index in [1.807, 2.05) is 42.5 Å². The van der Waals surface area contributed by atoms with E-state index in [4.69, 9.17) is 0 Å². The van der Waals surface area contributed by atoms with E-state index in [0.29, 0.717) is 18.7 Å². The number of hydrogen-bond acceptors (Lipinski definition) is 3. The van der Waals surface area contributed by atoms with Gasteiger partial charge < -0.3 is 5.32 Å². The van der Waals surface area contributed by atoms with Crippen LogP contribution >= 0.6 is 0 Å². The van der Waals surface area contributed by atoms with Gasteiger partial charge in [0.05, 0.1) is 6.20 Å². The van der Waals surface area contributed by atoms with Crippen molar-refractivity contribution < 1.29 is 0 Å². The molecule has 27 heavy (non-hydrogen) atoms. The van der Waals surface area contributed by atoms with Gasteiger partial charge in [-0.3, -0.25) is 9.36 Å². The van der Waals surface area contributed by atoms with Crippen LogP contribution in [0.4, 0.5) is 5.69 Å². The number of rotatable bonds is 11. The molecule has 0 fully saturated rings. The normalized spacial score (nSPS) is 11.1. The lowest BCUT2D eigenvalue weighted by atomic mass is 10.1. The topological polar surface area (TPSA) is 46.9 Å². The summed E-state index contributed by atoms with van der Waals surface area (Å²) in [6, 6.07) is 10.3. The fraction of sp³-hybridized carbons (Fsp3) is 0.217. The van der Waals surface area contributed by atoms with Crippen LogP contribution < -0.4 is 10.9 Å². The van der Waals surface area contributed by atoms with Crippen LogP contribution in [0, 0.1) is 0 Å². The monoisotopic (exact) mass is 361 g/mol. The first kappa shape index (κ1) is 20.2. The molecule has 1 N–H and O–H groups in total. The zero-order valence-electron chi connectivity index (χ0n) is 15.7. The Balaban J connectivity index is 2.00. The number of anilines is 1. The van der Waals surface area contributed by atoms with Crippen LogP contribution in [0.25, 0.3) is 0 Å². The fourth-order valence-corrected chi connectivity index (χ4v) is 2.68. The maximum absolute atomic E-state index is 12.7. The third-order valence-corrected chi connectivity index (χ3v) is 4.04. The van der Waals surface area contributed by atoms with E-state index >= 15 is 0 Å². The highest BCUT2D eigenvalue weighted by molar-refractivity contribution is 5.38. The van der Waals surface area contributed by atoms with E-state index in [2.05, 4.69) is 35.6 Å². The zero-order chi connectivity index (χ0) is 19.3. The Morgan fingerprint density at radius 1 is 1.11 bits per heavy atom. The first-order valence-corrected chi connectivity index (χ1v) is 9.18. The molecule has 0 amide bonds. The standard InChI is InChI=1S/C23H27N3O/c1-3-5-6-7-11-16-22-25-19-21(23(27)26(22)18-4-2)24-17-12-15-20-13-9-8-10-14-20/h3-11,13-14,19,24H,1-2,12,15-18H2/b6-5-,11-7-. The molecule has 4 nitrogen and oxygen atoms in total. The van der Waals surface area contributed by atoms with Gasteiger partial charge >= 0.3 is 0 Å². The number of aryl methyl sites for hydroxylation is 1. The van der Waals surface area contributed by atoms with Crippen molar-refractivity contribution in [1.82, 2.24) is 9.55 Å². The van der Waals surface area contributed by atoms with E-state index in [9.17, 15) is 4.79 Å². The molecule has 0 unspecified atom stereocenters. The molecule has 1 aromatic heterocycles. The molecule has 0 radical (unpaired) electrons. The second kappa shape index (κ2) is 11.5. The molecule has 0 aliphatic carbocycles. The molecular weight excluding hydrogens is 334 g/mol. The molecule has 1 aromatic carbocycles. The van der Waals surface area contributed by atoms with Gasteiger partial charge in [0, 0.05) is 19.5 Å². The number of hydrogen-bond donors (Lipinski definition) is 1. The van der Waals surface area contributed by atoms with Crippen molar-refractivity contribution in [1.29, 1.82) is 0 Å². The maximum atomic E-state index is 12.7. The Labute approximate surface area is 161 Å². The minimum Gasteiger partial charge on any atom is -0.379 e. The van der Waals surface area contributed by atoms with Crippen LogP contribution in [0.5, 0.6) is 0 Å². The first-order valence-electron chi connectivity index (χ1n) is 9.18. The lowest BCUT2D eigenvalue weighted by Crippen LogP contribution is -2.27. The second-order valence-corrected chi connectivity index (χ2v) is 6.06. The number of nitrogens with one attached hydrogen (secondary N) is 1. The van der Waals surface area contributed by atoms with E-state index in [1.54, 1.807) is 22.9 Å².